The highest BCUT2D eigenvalue weighted by Crippen LogP contribution is 2.08. The van der Waals surface area contributed by atoms with Gasteiger partial charge in [0.05, 0.1) is 11.9 Å². The lowest BCUT2D eigenvalue weighted by Gasteiger charge is -1.97. The number of hydrogen-bond acceptors (Lipinski definition) is 3. The molecule has 4 nitrogen and oxygen atoms in total. The number of halogens is 1. The van der Waals surface area contributed by atoms with Crippen LogP contribution in [0, 0.1) is 0 Å². The van der Waals surface area contributed by atoms with E-state index in [1.165, 1.54) is 13.2 Å². The molecule has 0 radical (unpaired) electrons. The fraction of sp³-hybridized carbons (Fsp3) is 0.200. The van der Waals surface area contributed by atoms with Crippen molar-refractivity contribution in [3.8, 4) is 0 Å². The van der Waals surface area contributed by atoms with Crippen LogP contribution in [-0.2, 0) is 7.05 Å². The Hall–Kier alpha value is -1.03. The molecule has 54 valence electrons. The van der Waals surface area contributed by atoms with E-state index < -0.39 is 0 Å². The van der Waals surface area contributed by atoms with Crippen LogP contribution in [0.25, 0.3) is 0 Å². The third-order valence-electron chi connectivity index (χ3n) is 1.11. The first-order chi connectivity index (χ1) is 4.63. The minimum atomic E-state index is -0.373. The summed E-state index contributed by atoms with van der Waals surface area (Å²) in [4.78, 5) is 10.9. The average Bonchev–Trinajstić information content (AvgIpc) is 1.93. The number of anilines is 1. The Bertz CT molecular complexity index is 306. The van der Waals surface area contributed by atoms with Gasteiger partial charge in [-0.15, -0.1) is 0 Å². The van der Waals surface area contributed by atoms with Crippen LogP contribution >= 0.6 is 11.6 Å². The minimum Gasteiger partial charge on any atom is -0.396 e. The maximum Gasteiger partial charge on any atom is 0.287 e. The minimum absolute atomic E-state index is 0.0255. The van der Waals surface area contributed by atoms with Crippen molar-refractivity contribution in [1.82, 2.24) is 9.78 Å². The molecule has 0 amide bonds. The van der Waals surface area contributed by atoms with Gasteiger partial charge in [-0.1, -0.05) is 11.6 Å². The van der Waals surface area contributed by atoms with Crippen molar-refractivity contribution in [2.45, 2.75) is 0 Å². The van der Waals surface area contributed by atoms with Crippen LogP contribution in [0.2, 0.25) is 5.02 Å². The summed E-state index contributed by atoms with van der Waals surface area (Å²) in [7, 11) is 1.51. The van der Waals surface area contributed by atoms with Gasteiger partial charge in [0.25, 0.3) is 5.56 Å². The van der Waals surface area contributed by atoms with Crippen molar-refractivity contribution in [2.75, 3.05) is 5.73 Å². The second-order valence-corrected chi connectivity index (χ2v) is 2.22. The first-order valence-corrected chi connectivity index (χ1v) is 2.98. The third kappa shape index (κ3) is 0.974. The number of aryl methyl sites for hydroxylation is 1. The topological polar surface area (TPSA) is 60.9 Å². The molecule has 0 fully saturated rings. The zero-order valence-electron chi connectivity index (χ0n) is 5.34. The van der Waals surface area contributed by atoms with Gasteiger partial charge in [-0.2, -0.15) is 5.10 Å². The van der Waals surface area contributed by atoms with Crippen molar-refractivity contribution < 1.29 is 0 Å². The quantitative estimate of drug-likeness (QED) is 0.581. The molecule has 1 heterocycles. The Kier molecular flexibility index (Phi) is 1.63. The monoisotopic (exact) mass is 159 g/mol. The third-order valence-corrected chi connectivity index (χ3v) is 1.49. The molecular formula is C5H6ClN3O. The zero-order valence-corrected chi connectivity index (χ0v) is 6.09. The lowest BCUT2D eigenvalue weighted by Crippen LogP contribution is -2.20. The van der Waals surface area contributed by atoms with Gasteiger partial charge in [0.15, 0.2) is 0 Å². The SMILES string of the molecule is Cn1ncc(N)c(Cl)c1=O. The normalized spacial score (nSPS) is 9.80. The van der Waals surface area contributed by atoms with Gasteiger partial charge in [0, 0.05) is 7.05 Å². The Morgan fingerprint density at radius 3 is 2.90 bits per heavy atom. The molecular weight excluding hydrogens is 154 g/mol. The number of hydrogen-bond donors (Lipinski definition) is 1. The smallest absolute Gasteiger partial charge is 0.287 e. The van der Waals surface area contributed by atoms with E-state index >= 15 is 0 Å². The highest BCUT2D eigenvalue weighted by Gasteiger charge is 2.01. The molecule has 0 saturated carbocycles. The largest absolute Gasteiger partial charge is 0.396 e. The molecule has 0 atom stereocenters. The van der Waals surface area contributed by atoms with Crippen LogP contribution in [0.5, 0.6) is 0 Å². The fourth-order valence-corrected chi connectivity index (χ4v) is 0.695. The molecule has 2 N–H and O–H groups in total. The summed E-state index contributed by atoms with van der Waals surface area (Å²) in [5.41, 5.74) is 5.12. The second-order valence-electron chi connectivity index (χ2n) is 1.84. The first kappa shape index (κ1) is 7.08. The van der Waals surface area contributed by atoms with Crippen molar-refractivity contribution in [2.24, 2.45) is 7.05 Å². The van der Waals surface area contributed by atoms with E-state index in [2.05, 4.69) is 5.10 Å². The van der Waals surface area contributed by atoms with Gasteiger partial charge in [-0.25, -0.2) is 4.68 Å². The summed E-state index contributed by atoms with van der Waals surface area (Å²) >= 11 is 5.48. The van der Waals surface area contributed by atoms with E-state index in [1.54, 1.807) is 0 Å². The predicted octanol–water partition coefficient (Wildman–Crippen LogP) is 0.0159. The maximum atomic E-state index is 10.9. The van der Waals surface area contributed by atoms with Gasteiger partial charge in [0.2, 0.25) is 0 Å². The van der Waals surface area contributed by atoms with Crippen LogP contribution in [-0.4, -0.2) is 9.78 Å². The van der Waals surface area contributed by atoms with E-state index in [9.17, 15) is 4.79 Å². The van der Waals surface area contributed by atoms with Gasteiger partial charge in [0.1, 0.15) is 5.02 Å². The summed E-state index contributed by atoms with van der Waals surface area (Å²) < 4.78 is 1.12. The van der Waals surface area contributed by atoms with Gasteiger partial charge in [-0.05, 0) is 0 Å². The van der Waals surface area contributed by atoms with Crippen LogP contribution < -0.4 is 11.3 Å². The van der Waals surface area contributed by atoms with Crippen molar-refractivity contribution >= 4 is 17.3 Å². The van der Waals surface area contributed by atoms with Crippen molar-refractivity contribution in [1.29, 1.82) is 0 Å². The number of aromatic nitrogens is 2. The van der Waals surface area contributed by atoms with Gasteiger partial charge in [-0.3, -0.25) is 4.79 Å². The summed E-state index contributed by atoms with van der Waals surface area (Å²) in [6.07, 6.45) is 1.34. The number of rotatable bonds is 0. The van der Waals surface area contributed by atoms with Gasteiger partial charge < -0.3 is 5.73 Å². The lowest BCUT2D eigenvalue weighted by atomic mass is 10.5. The van der Waals surface area contributed by atoms with E-state index in [0.29, 0.717) is 0 Å². The number of nitrogens with two attached hydrogens (primary N) is 1. The molecule has 10 heavy (non-hydrogen) atoms. The Morgan fingerprint density at radius 1 is 1.80 bits per heavy atom. The first-order valence-electron chi connectivity index (χ1n) is 2.60. The van der Waals surface area contributed by atoms with Crippen molar-refractivity contribution in [3.05, 3.63) is 21.6 Å². The number of nitrogens with zero attached hydrogens (tertiary/aromatic N) is 2. The summed E-state index contributed by atoms with van der Waals surface area (Å²) in [6.45, 7) is 0. The summed E-state index contributed by atoms with van der Waals surface area (Å²) in [5, 5.41) is 3.66. The Morgan fingerprint density at radius 2 is 2.40 bits per heavy atom. The molecule has 0 unspecified atom stereocenters. The molecule has 1 aromatic heterocycles. The van der Waals surface area contributed by atoms with Crippen LogP contribution in [0.3, 0.4) is 0 Å². The molecule has 0 saturated heterocycles. The molecule has 5 heteroatoms. The standard InChI is InChI=1S/C5H6ClN3O/c1-9-5(10)4(6)3(7)2-8-9/h2H,7H2,1H3. The Labute approximate surface area is 62.2 Å². The summed E-state index contributed by atoms with van der Waals surface area (Å²) in [6, 6.07) is 0. The molecule has 1 rings (SSSR count). The van der Waals surface area contributed by atoms with E-state index in [-0.39, 0.29) is 16.3 Å². The molecule has 0 spiro atoms. The molecule has 1 aromatic rings. The lowest BCUT2D eigenvalue weighted by molar-refractivity contribution is 0.709. The van der Waals surface area contributed by atoms with Crippen LogP contribution in [0.1, 0.15) is 0 Å². The zero-order chi connectivity index (χ0) is 7.72. The second kappa shape index (κ2) is 2.30. The Balaban J connectivity index is 3.50. The van der Waals surface area contributed by atoms with E-state index in [0.717, 1.165) is 4.68 Å². The summed E-state index contributed by atoms with van der Waals surface area (Å²) in [5.74, 6) is 0. The fourth-order valence-electron chi connectivity index (χ4n) is 0.523. The molecule has 0 aliphatic rings. The van der Waals surface area contributed by atoms with Crippen LogP contribution in [0.15, 0.2) is 11.0 Å². The molecule has 0 aliphatic heterocycles. The van der Waals surface area contributed by atoms with Gasteiger partial charge >= 0.3 is 0 Å². The predicted molar refractivity (Wildman–Crippen MR) is 38.9 cm³/mol. The average molecular weight is 160 g/mol. The van der Waals surface area contributed by atoms with E-state index in [1.807, 2.05) is 0 Å². The highest BCUT2D eigenvalue weighted by atomic mass is 35.5. The van der Waals surface area contributed by atoms with Crippen molar-refractivity contribution in [3.63, 3.8) is 0 Å². The van der Waals surface area contributed by atoms with E-state index in [4.69, 9.17) is 17.3 Å². The molecule has 0 aromatic carbocycles. The number of nitrogen functional groups attached to an aromatic ring is 1. The molecule has 0 bridgehead atoms. The van der Waals surface area contributed by atoms with Crippen LogP contribution in [0.4, 0.5) is 5.69 Å². The highest BCUT2D eigenvalue weighted by molar-refractivity contribution is 6.32. The maximum absolute atomic E-state index is 10.9. The molecule has 0 aliphatic carbocycles.